The van der Waals surface area contributed by atoms with Crippen LogP contribution in [0.25, 0.3) is 11.3 Å². The summed E-state index contributed by atoms with van der Waals surface area (Å²) < 4.78 is 6.44. The van der Waals surface area contributed by atoms with Crippen molar-refractivity contribution in [2.45, 2.75) is 52.9 Å². The third kappa shape index (κ3) is 10.1. The summed E-state index contributed by atoms with van der Waals surface area (Å²) in [7, 11) is 0. The van der Waals surface area contributed by atoms with Crippen molar-refractivity contribution in [2.75, 3.05) is 11.1 Å². The van der Waals surface area contributed by atoms with Gasteiger partial charge in [0, 0.05) is 40.7 Å². The van der Waals surface area contributed by atoms with Crippen molar-refractivity contribution >= 4 is 35.2 Å². The molecule has 0 aliphatic carbocycles. The van der Waals surface area contributed by atoms with Crippen LogP contribution in [0.4, 0.5) is 16.3 Å². The van der Waals surface area contributed by atoms with Gasteiger partial charge < -0.3 is 32.2 Å². The van der Waals surface area contributed by atoms with Gasteiger partial charge in [-0.25, -0.2) is 9.78 Å². The smallest absolute Gasteiger partial charge is 0.435 e. The number of carbonyl (C=O) groups excluding carboxylic acids is 3. The summed E-state index contributed by atoms with van der Waals surface area (Å²) in [5.74, 6) is -0.786. The summed E-state index contributed by atoms with van der Waals surface area (Å²) in [4.78, 5) is 59.8. The predicted molar refractivity (Wildman–Crippen MR) is 190 cm³/mol. The molecule has 0 saturated carbocycles. The van der Waals surface area contributed by atoms with Crippen LogP contribution in [0.15, 0.2) is 101 Å². The minimum absolute atomic E-state index is 0.0125. The molecule has 4 rings (SSSR count). The van der Waals surface area contributed by atoms with Crippen molar-refractivity contribution in [3.05, 3.63) is 124 Å². The SMILES string of the molecule is C=C(CC)NC(=O)c1cc(N)cc(-c2cnc(NC(C)C)c(=O)n2CC(=O)NCc2ccc(/C(N)=N/C(=O)OCc3ccccc3)cc2)c1. The Morgan fingerprint density at radius 1 is 1.00 bits per heavy atom. The number of benzene rings is 3. The average Bonchev–Trinajstić information content (AvgIpc) is 3.08. The van der Waals surface area contributed by atoms with Crippen molar-refractivity contribution in [1.82, 2.24) is 20.2 Å². The van der Waals surface area contributed by atoms with Crippen LogP contribution >= 0.6 is 0 Å². The number of anilines is 2. The highest BCUT2D eigenvalue weighted by Gasteiger charge is 2.18. The van der Waals surface area contributed by atoms with Crippen LogP contribution in [0.1, 0.15) is 54.2 Å². The summed E-state index contributed by atoms with van der Waals surface area (Å²) in [5, 5.41) is 8.55. The Bertz CT molecular complexity index is 1920. The van der Waals surface area contributed by atoms with Gasteiger partial charge in [0.2, 0.25) is 5.91 Å². The molecule has 3 aromatic carbocycles. The summed E-state index contributed by atoms with van der Waals surface area (Å²) in [5.41, 5.74) is 15.5. The van der Waals surface area contributed by atoms with Gasteiger partial charge in [-0.05, 0) is 49.6 Å². The molecule has 0 bridgehead atoms. The highest BCUT2D eigenvalue weighted by molar-refractivity contribution is 6.02. The van der Waals surface area contributed by atoms with E-state index in [1.54, 1.807) is 36.4 Å². The van der Waals surface area contributed by atoms with Gasteiger partial charge in [-0.2, -0.15) is 4.99 Å². The largest absolute Gasteiger partial charge is 0.443 e. The highest BCUT2D eigenvalue weighted by Crippen LogP contribution is 2.24. The number of aromatic nitrogens is 2. The number of hydrogen-bond acceptors (Lipinski definition) is 8. The number of nitrogens with zero attached hydrogens (tertiary/aromatic N) is 3. The number of nitrogen functional groups attached to an aromatic ring is 1. The molecule has 0 spiro atoms. The van der Waals surface area contributed by atoms with Crippen LogP contribution in [0.2, 0.25) is 0 Å². The number of allylic oxidation sites excluding steroid dienone is 1. The minimum atomic E-state index is -0.810. The highest BCUT2D eigenvalue weighted by atomic mass is 16.5. The minimum Gasteiger partial charge on any atom is -0.443 e. The second-order valence-electron chi connectivity index (χ2n) is 11.4. The van der Waals surface area contributed by atoms with Crippen molar-refractivity contribution in [3.63, 3.8) is 0 Å². The fourth-order valence-corrected chi connectivity index (χ4v) is 4.61. The van der Waals surface area contributed by atoms with E-state index in [9.17, 15) is 19.2 Å². The van der Waals surface area contributed by atoms with Crippen LogP contribution in [-0.4, -0.2) is 39.3 Å². The quantitative estimate of drug-likeness (QED) is 0.0785. The van der Waals surface area contributed by atoms with E-state index in [0.717, 1.165) is 11.1 Å². The third-order valence-corrected chi connectivity index (χ3v) is 7.17. The standard InChI is InChI=1S/C36H40N8O5/c1-5-23(4)42-34(46)28-15-27(16-29(37)17-28)30-19-40-33(41-22(2)3)35(47)44(30)20-31(45)39-18-24-11-13-26(14-12-24)32(38)43-36(48)49-21-25-9-7-6-8-10-25/h6-17,19,22H,4-5,18,20-21,37H2,1-3H3,(H,39,45)(H,40,41)(H,42,46)(H2,38,43,48). The molecule has 7 N–H and O–H groups in total. The molecule has 0 radical (unpaired) electrons. The molecule has 0 atom stereocenters. The van der Waals surface area contributed by atoms with Crippen molar-refractivity contribution in [2.24, 2.45) is 10.7 Å². The van der Waals surface area contributed by atoms with E-state index in [1.165, 1.54) is 16.8 Å². The van der Waals surface area contributed by atoms with E-state index in [-0.39, 0.29) is 48.6 Å². The number of amidine groups is 1. The normalized spacial score (nSPS) is 11.1. The average molecular weight is 665 g/mol. The Morgan fingerprint density at radius 2 is 1.71 bits per heavy atom. The molecule has 0 aliphatic rings. The Hall–Kier alpha value is -6.24. The molecule has 0 fully saturated rings. The second kappa shape index (κ2) is 16.5. The lowest BCUT2D eigenvalue weighted by molar-refractivity contribution is -0.121. The lowest BCUT2D eigenvalue weighted by Crippen LogP contribution is -2.35. The number of rotatable bonds is 13. The zero-order valence-electron chi connectivity index (χ0n) is 27.7. The maximum Gasteiger partial charge on any atom is 0.435 e. The molecule has 1 heterocycles. The monoisotopic (exact) mass is 664 g/mol. The zero-order chi connectivity index (χ0) is 35.5. The molecular weight excluding hydrogens is 624 g/mol. The number of amides is 3. The summed E-state index contributed by atoms with van der Waals surface area (Å²) >= 11 is 0. The first-order chi connectivity index (χ1) is 23.4. The molecule has 13 heteroatoms. The van der Waals surface area contributed by atoms with Crippen LogP contribution in [0.5, 0.6) is 0 Å². The molecule has 254 valence electrons. The summed E-state index contributed by atoms with van der Waals surface area (Å²) in [6.45, 7) is 9.28. The van der Waals surface area contributed by atoms with Gasteiger partial charge in [0.25, 0.3) is 11.5 Å². The topological polar surface area (TPSA) is 196 Å². The number of nitrogens with two attached hydrogens (primary N) is 2. The van der Waals surface area contributed by atoms with Crippen molar-refractivity contribution < 1.29 is 19.1 Å². The number of aliphatic imine (C=N–C) groups is 1. The Balaban J connectivity index is 1.48. The van der Waals surface area contributed by atoms with E-state index in [0.29, 0.717) is 28.9 Å². The first kappa shape index (κ1) is 35.6. The molecule has 49 heavy (non-hydrogen) atoms. The lowest BCUT2D eigenvalue weighted by atomic mass is 10.1. The number of hydrogen-bond donors (Lipinski definition) is 5. The molecule has 0 aliphatic heterocycles. The first-order valence-electron chi connectivity index (χ1n) is 15.6. The van der Waals surface area contributed by atoms with Gasteiger partial charge in [0.05, 0.1) is 11.9 Å². The van der Waals surface area contributed by atoms with E-state index < -0.39 is 23.5 Å². The fourth-order valence-electron chi connectivity index (χ4n) is 4.61. The Morgan fingerprint density at radius 3 is 2.39 bits per heavy atom. The van der Waals surface area contributed by atoms with E-state index in [4.69, 9.17) is 16.2 Å². The molecule has 13 nitrogen and oxygen atoms in total. The fraction of sp³-hybridized carbons (Fsp3) is 0.222. The Labute approximate surface area is 284 Å². The van der Waals surface area contributed by atoms with Crippen LogP contribution in [0, 0.1) is 0 Å². The number of carbonyl (C=O) groups is 3. The van der Waals surface area contributed by atoms with Gasteiger partial charge in [0.1, 0.15) is 19.0 Å². The first-order valence-corrected chi connectivity index (χ1v) is 15.6. The van der Waals surface area contributed by atoms with Gasteiger partial charge in [0.15, 0.2) is 5.82 Å². The number of nitrogens with one attached hydrogen (secondary N) is 3. The van der Waals surface area contributed by atoms with Crippen molar-refractivity contribution in [3.8, 4) is 11.3 Å². The van der Waals surface area contributed by atoms with Gasteiger partial charge in [-0.1, -0.05) is 68.1 Å². The van der Waals surface area contributed by atoms with E-state index in [1.807, 2.05) is 51.1 Å². The van der Waals surface area contributed by atoms with Crippen LogP contribution in [-0.2, 0) is 29.2 Å². The molecule has 4 aromatic rings. The molecule has 0 saturated heterocycles. The molecule has 0 unspecified atom stereocenters. The maximum atomic E-state index is 13.6. The van der Waals surface area contributed by atoms with Gasteiger partial charge >= 0.3 is 6.09 Å². The second-order valence-corrected chi connectivity index (χ2v) is 11.4. The van der Waals surface area contributed by atoms with E-state index >= 15 is 0 Å². The predicted octanol–water partition coefficient (Wildman–Crippen LogP) is 4.32. The van der Waals surface area contributed by atoms with Crippen LogP contribution < -0.4 is 33.0 Å². The molecule has 1 aromatic heterocycles. The van der Waals surface area contributed by atoms with Crippen molar-refractivity contribution in [1.29, 1.82) is 0 Å². The molecular formula is C36H40N8O5. The Kier molecular flexibility index (Phi) is 12.0. The zero-order valence-corrected chi connectivity index (χ0v) is 27.7. The maximum absolute atomic E-state index is 13.6. The molecule has 3 amide bonds. The third-order valence-electron chi connectivity index (χ3n) is 7.17. The lowest BCUT2D eigenvalue weighted by Gasteiger charge is -2.17. The van der Waals surface area contributed by atoms with Gasteiger partial charge in [-0.15, -0.1) is 0 Å². The van der Waals surface area contributed by atoms with E-state index in [2.05, 4.69) is 32.5 Å². The summed E-state index contributed by atoms with van der Waals surface area (Å²) in [6.07, 6.45) is 1.21. The van der Waals surface area contributed by atoms with Gasteiger partial charge in [-0.3, -0.25) is 19.0 Å². The van der Waals surface area contributed by atoms with Crippen LogP contribution in [0.3, 0.4) is 0 Å². The summed E-state index contributed by atoms with van der Waals surface area (Å²) in [6, 6.07) is 20.6. The number of ether oxygens (including phenoxy) is 1.